The van der Waals surface area contributed by atoms with Crippen LogP contribution in [-0.2, 0) is 5.79 Å². The van der Waals surface area contributed by atoms with Crippen LogP contribution in [0.4, 0.5) is 0 Å². The quantitative estimate of drug-likeness (QED) is 0.606. The summed E-state index contributed by atoms with van der Waals surface area (Å²) in [4.78, 5) is 13.9. The molecular formula is C25H24O7. The molecule has 7 heteroatoms. The number of ether oxygens (including phenoxy) is 3. The number of benzene rings is 2. The fourth-order valence-corrected chi connectivity index (χ4v) is 4.45. The zero-order valence-corrected chi connectivity index (χ0v) is 18.2. The van der Waals surface area contributed by atoms with E-state index in [-0.39, 0.29) is 40.5 Å². The first-order valence-corrected chi connectivity index (χ1v) is 10.4. The smallest absolute Gasteiger partial charge is 0.286 e. The Morgan fingerprint density at radius 2 is 1.78 bits per heavy atom. The van der Waals surface area contributed by atoms with Gasteiger partial charge in [-0.2, -0.15) is 0 Å². The number of hydrogen-bond donors (Lipinski definition) is 3. The van der Waals surface area contributed by atoms with Crippen molar-refractivity contribution in [1.29, 1.82) is 0 Å². The molecule has 3 N–H and O–H groups in total. The minimum absolute atomic E-state index is 0.00259. The van der Waals surface area contributed by atoms with Gasteiger partial charge in [-0.1, -0.05) is 11.6 Å². The highest BCUT2D eigenvalue weighted by atomic mass is 16.7. The molecular weight excluding hydrogens is 412 g/mol. The second kappa shape index (κ2) is 6.29. The Morgan fingerprint density at radius 3 is 2.50 bits per heavy atom. The summed E-state index contributed by atoms with van der Waals surface area (Å²) >= 11 is 0. The maximum atomic E-state index is 13.9. The van der Waals surface area contributed by atoms with Crippen LogP contribution in [0.15, 0.2) is 42.0 Å². The number of carbonyl (C=O) groups is 1. The number of Topliss-reactive ketones (excluding diaryl/α,β-unsaturated/α-hetero) is 1. The number of fused-ring (bicyclic) bond motifs is 5. The van der Waals surface area contributed by atoms with Gasteiger partial charge in [0.2, 0.25) is 11.4 Å². The number of allylic oxidation sites excluding steroid dienone is 1. The molecule has 0 fully saturated rings. The van der Waals surface area contributed by atoms with E-state index in [4.69, 9.17) is 14.2 Å². The van der Waals surface area contributed by atoms with Gasteiger partial charge in [-0.05, 0) is 52.0 Å². The van der Waals surface area contributed by atoms with E-state index in [0.717, 1.165) is 5.57 Å². The number of phenols is 2. The molecule has 0 aliphatic carbocycles. The summed E-state index contributed by atoms with van der Waals surface area (Å²) in [7, 11) is 0. The SMILES string of the molecule is CC(C)=CC[C@]12Oc3cc(O)ccc3[C@]1(O)Oc1cc3c(c(O)c1C2=O)C=CC(C)(C)O3. The summed E-state index contributed by atoms with van der Waals surface area (Å²) in [5.41, 5.74) is -1.09. The maximum absolute atomic E-state index is 13.9. The largest absolute Gasteiger partial charge is 0.508 e. The molecule has 0 amide bonds. The van der Waals surface area contributed by atoms with Gasteiger partial charge in [0.1, 0.15) is 39.9 Å². The fourth-order valence-electron chi connectivity index (χ4n) is 4.45. The van der Waals surface area contributed by atoms with Crippen molar-refractivity contribution in [3.8, 4) is 28.7 Å². The van der Waals surface area contributed by atoms with Crippen LogP contribution in [0.2, 0.25) is 0 Å². The van der Waals surface area contributed by atoms with Gasteiger partial charge in [-0.3, -0.25) is 4.79 Å². The number of carbonyl (C=O) groups excluding carboxylic acids is 1. The van der Waals surface area contributed by atoms with E-state index in [1.54, 1.807) is 18.2 Å². The Labute approximate surface area is 185 Å². The van der Waals surface area contributed by atoms with E-state index in [0.29, 0.717) is 11.3 Å². The number of aliphatic hydroxyl groups is 1. The predicted molar refractivity (Wildman–Crippen MR) is 116 cm³/mol. The number of aromatic hydroxyl groups is 2. The number of ketones is 1. The lowest BCUT2D eigenvalue weighted by molar-refractivity contribution is -0.221. The van der Waals surface area contributed by atoms with E-state index in [1.165, 1.54) is 24.3 Å². The summed E-state index contributed by atoms with van der Waals surface area (Å²) < 4.78 is 18.1. The van der Waals surface area contributed by atoms with Crippen molar-refractivity contribution in [1.82, 2.24) is 0 Å². The Bertz CT molecular complexity index is 1240. The zero-order valence-electron chi connectivity index (χ0n) is 18.2. The first kappa shape index (κ1) is 20.5. The Morgan fingerprint density at radius 1 is 1.03 bits per heavy atom. The van der Waals surface area contributed by atoms with Gasteiger partial charge in [-0.25, -0.2) is 0 Å². The van der Waals surface area contributed by atoms with E-state index < -0.39 is 22.8 Å². The van der Waals surface area contributed by atoms with Crippen LogP contribution in [0.25, 0.3) is 6.08 Å². The van der Waals surface area contributed by atoms with Crippen LogP contribution in [0.5, 0.6) is 28.7 Å². The Hall–Kier alpha value is -3.45. The standard InChI is InChI=1S/C25H24O7/c1-13(2)7-10-24-22(28)20-19(12-17-15(21(20)27)8-9-23(3,4)30-17)32-25(24,29)16-6-5-14(26)11-18(16)31-24/h5-9,11-12,26-27,29H,10H2,1-4H3/t24-,25+/m1/s1. The van der Waals surface area contributed by atoms with E-state index >= 15 is 0 Å². The molecule has 2 aromatic rings. The van der Waals surface area contributed by atoms with Gasteiger partial charge in [-0.15, -0.1) is 0 Å². The van der Waals surface area contributed by atoms with Crippen molar-refractivity contribution in [2.24, 2.45) is 0 Å². The van der Waals surface area contributed by atoms with Crippen molar-refractivity contribution < 1.29 is 34.3 Å². The highest BCUT2D eigenvalue weighted by molar-refractivity contribution is 6.10. The Kier molecular flexibility index (Phi) is 4.02. The van der Waals surface area contributed by atoms with Crippen molar-refractivity contribution in [3.63, 3.8) is 0 Å². The summed E-state index contributed by atoms with van der Waals surface area (Å²) in [6, 6.07) is 5.69. The molecule has 0 spiro atoms. The normalized spacial score (nSPS) is 26.0. The lowest BCUT2D eigenvalue weighted by atomic mass is 9.77. The molecule has 5 rings (SSSR count). The molecule has 3 aliphatic heterocycles. The van der Waals surface area contributed by atoms with Crippen LogP contribution >= 0.6 is 0 Å². The molecule has 2 aromatic carbocycles. The molecule has 3 heterocycles. The number of phenolic OH excluding ortho intramolecular Hbond substituents is 2. The molecule has 0 radical (unpaired) electrons. The number of hydrogen-bond acceptors (Lipinski definition) is 7. The summed E-state index contributed by atoms with van der Waals surface area (Å²) in [5.74, 6) is -2.69. The van der Waals surface area contributed by atoms with Gasteiger partial charge in [0, 0.05) is 18.6 Å². The van der Waals surface area contributed by atoms with Crippen LogP contribution in [0, 0.1) is 0 Å². The van der Waals surface area contributed by atoms with Gasteiger partial charge in [0.05, 0.1) is 11.1 Å². The minimum Gasteiger partial charge on any atom is -0.508 e. The highest BCUT2D eigenvalue weighted by Gasteiger charge is 2.69. The first-order valence-electron chi connectivity index (χ1n) is 10.4. The monoisotopic (exact) mass is 436 g/mol. The molecule has 0 unspecified atom stereocenters. The molecule has 0 bridgehead atoms. The molecule has 32 heavy (non-hydrogen) atoms. The van der Waals surface area contributed by atoms with Crippen molar-refractivity contribution in [2.45, 2.75) is 51.1 Å². The minimum atomic E-state index is -2.17. The maximum Gasteiger partial charge on any atom is 0.286 e. The summed E-state index contributed by atoms with van der Waals surface area (Å²) in [5, 5.41) is 32.8. The third-order valence-corrected chi connectivity index (χ3v) is 6.10. The van der Waals surface area contributed by atoms with E-state index in [1.807, 2.05) is 27.7 Å². The highest BCUT2D eigenvalue weighted by Crippen LogP contribution is 2.58. The Balaban J connectivity index is 1.76. The van der Waals surface area contributed by atoms with Gasteiger partial charge < -0.3 is 29.5 Å². The van der Waals surface area contributed by atoms with Crippen molar-refractivity contribution in [2.75, 3.05) is 0 Å². The lowest BCUT2D eigenvalue weighted by Crippen LogP contribution is -2.62. The van der Waals surface area contributed by atoms with Crippen molar-refractivity contribution in [3.05, 3.63) is 58.7 Å². The topological polar surface area (TPSA) is 105 Å². The molecule has 0 saturated carbocycles. The molecule has 2 atom stereocenters. The molecule has 3 aliphatic rings. The predicted octanol–water partition coefficient (Wildman–Crippen LogP) is 4.19. The fraction of sp³-hybridized carbons (Fsp3) is 0.320. The van der Waals surface area contributed by atoms with E-state index in [9.17, 15) is 20.1 Å². The van der Waals surface area contributed by atoms with Crippen molar-refractivity contribution >= 4 is 11.9 Å². The first-order chi connectivity index (χ1) is 15.0. The van der Waals surface area contributed by atoms with Crippen LogP contribution in [0.3, 0.4) is 0 Å². The third-order valence-electron chi connectivity index (χ3n) is 6.10. The second-order valence-electron chi connectivity index (χ2n) is 9.22. The second-order valence-corrected chi connectivity index (χ2v) is 9.22. The number of rotatable bonds is 2. The summed E-state index contributed by atoms with van der Waals surface area (Å²) in [6.45, 7) is 7.45. The van der Waals surface area contributed by atoms with E-state index in [2.05, 4.69) is 0 Å². The zero-order chi connectivity index (χ0) is 23.1. The van der Waals surface area contributed by atoms with Gasteiger partial charge >= 0.3 is 0 Å². The third kappa shape index (κ3) is 2.61. The van der Waals surface area contributed by atoms with Crippen LogP contribution in [-0.4, -0.2) is 32.3 Å². The van der Waals surface area contributed by atoms with Gasteiger partial charge in [0.25, 0.3) is 5.79 Å². The average Bonchev–Trinajstić information content (AvgIpc) is 2.93. The molecule has 166 valence electrons. The summed E-state index contributed by atoms with van der Waals surface area (Å²) in [6.07, 6.45) is 5.25. The molecule has 0 aromatic heterocycles. The average molecular weight is 436 g/mol. The molecule has 0 saturated heterocycles. The lowest BCUT2D eigenvalue weighted by Gasteiger charge is -2.43. The van der Waals surface area contributed by atoms with Gasteiger partial charge in [0.15, 0.2) is 0 Å². The van der Waals surface area contributed by atoms with Crippen LogP contribution < -0.4 is 14.2 Å². The molecule has 7 nitrogen and oxygen atoms in total. The van der Waals surface area contributed by atoms with Crippen LogP contribution in [0.1, 0.15) is 55.6 Å².